The Morgan fingerprint density at radius 2 is 2.04 bits per heavy atom. The number of anilines is 1. The van der Waals surface area contributed by atoms with Crippen molar-refractivity contribution >= 4 is 17.3 Å². The molecule has 1 N–H and O–H groups in total. The van der Waals surface area contributed by atoms with E-state index in [0.717, 1.165) is 22.6 Å². The third-order valence-corrected chi connectivity index (χ3v) is 3.85. The van der Waals surface area contributed by atoms with Gasteiger partial charge in [0.1, 0.15) is 6.07 Å². The van der Waals surface area contributed by atoms with Crippen LogP contribution in [0.2, 0.25) is 5.02 Å². The molecule has 0 saturated heterocycles. The standard InChI is InChI=1S/C18H15ClN4/c1-13-8-9-23(22-13)18-5-3-2-4-15(18)12-21-16-7-6-14(11-20)17(19)10-16/h2-10,21H,12H2,1H3. The number of rotatable bonds is 4. The smallest absolute Gasteiger partial charge is 0.101 e. The first-order valence-electron chi connectivity index (χ1n) is 7.21. The highest BCUT2D eigenvalue weighted by molar-refractivity contribution is 6.32. The normalized spacial score (nSPS) is 10.3. The van der Waals surface area contributed by atoms with E-state index in [-0.39, 0.29) is 0 Å². The zero-order valence-corrected chi connectivity index (χ0v) is 13.4. The second-order valence-electron chi connectivity index (χ2n) is 5.19. The Morgan fingerprint density at radius 1 is 1.22 bits per heavy atom. The highest BCUT2D eigenvalue weighted by Gasteiger charge is 2.06. The summed E-state index contributed by atoms with van der Waals surface area (Å²) in [7, 11) is 0. The fraction of sp³-hybridized carbons (Fsp3) is 0.111. The number of benzene rings is 2. The predicted molar refractivity (Wildman–Crippen MR) is 91.8 cm³/mol. The minimum absolute atomic E-state index is 0.452. The number of hydrogen-bond donors (Lipinski definition) is 1. The van der Waals surface area contributed by atoms with Crippen molar-refractivity contribution in [3.63, 3.8) is 0 Å². The molecular weight excluding hydrogens is 308 g/mol. The second kappa shape index (κ2) is 6.55. The molecule has 0 aliphatic heterocycles. The van der Waals surface area contributed by atoms with Crippen molar-refractivity contribution in [1.82, 2.24) is 9.78 Å². The van der Waals surface area contributed by atoms with Gasteiger partial charge >= 0.3 is 0 Å². The van der Waals surface area contributed by atoms with Crippen LogP contribution in [0, 0.1) is 18.3 Å². The van der Waals surface area contributed by atoms with Crippen LogP contribution in [-0.2, 0) is 6.54 Å². The molecule has 0 radical (unpaired) electrons. The minimum atomic E-state index is 0.452. The fourth-order valence-corrected chi connectivity index (χ4v) is 2.57. The van der Waals surface area contributed by atoms with Crippen LogP contribution < -0.4 is 5.32 Å². The van der Waals surface area contributed by atoms with Crippen LogP contribution in [0.15, 0.2) is 54.7 Å². The summed E-state index contributed by atoms with van der Waals surface area (Å²) in [5, 5.41) is 17.2. The van der Waals surface area contributed by atoms with E-state index in [4.69, 9.17) is 16.9 Å². The van der Waals surface area contributed by atoms with Gasteiger partial charge in [0.2, 0.25) is 0 Å². The maximum atomic E-state index is 8.92. The van der Waals surface area contributed by atoms with Crippen molar-refractivity contribution in [2.24, 2.45) is 0 Å². The van der Waals surface area contributed by atoms with Crippen LogP contribution in [0.4, 0.5) is 5.69 Å². The van der Waals surface area contributed by atoms with Gasteiger partial charge in [-0.1, -0.05) is 29.8 Å². The lowest BCUT2D eigenvalue weighted by Crippen LogP contribution is -2.05. The quantitative estimate of drug-likeness (QED) is 0.778. The molecule has 3 aromatic rings. The zero-order chi connectivity index (χ0) is 16.2. The topological polar surface area (TPSA) is 53.6 Å². The Kier molecular flexibility index (Phi) is 4.31. The summed E-state index contributed by atoms with van der Waals surface area (Å²) in [6, 6.07) is 17.5. The van der Waals surface area contributed by atoms with E-state index < -0.39 is 0 Å². The van der Waals surface area contributed by atoms with E-state index in [1.807, 2.05) is 48.1 Å². The van der Waals surface area contributed by atoms with Gasteiger partial charge in [-0.2, -0.15) is 10.4 Å². The summed E-state index contributed by atoms with van der Waals surface area (Å²) in [6.07, 6.45) is 1.95. The fourth-order valence-electron chi connectivity index (χ4n) is 2.35. The molecule has 1 aromatic heterocycles. The van der Waals surface area contributed by atoms with Crippen molar-refractivity contribution in [3.05, 3.63) is 76.6 Å². The molecule has 23 heavy (non-hydrogen) atoms. The summed E-state index contributed by atoms with van der Waals surface area (Å²) in [4.78, 5) is 0. The molecule has 5 heteroatoms. The first-order chi connectivity index (χ1) is 11.2. The number of nitrogens with zero attached hydrogens (tertiary/aromatic N) is 3. The van der Waals surface area contributed by atoms with Crippen LogP contribution in [0.5, 0.6) is 0 Å². The molecule has 3 rings (SSSR count). The van der Waals surface area contributed by atoms with Crippen LogP contribution in [0.3, 0.4) is 0 Å². The van der Waals surface area contributed by atoms with E-state index in [1.54, 1.807) is 12.1 Å². The predicted octanol–water partition coefficient (Wildman–Crippen LogP) is 4.32. The summed E-state index contributed by atoms with van der Waals surface area (Å²) >= 11 is 6.06. The van der Waals surface area contributed by atoms with E-state index in [2.05, 4.69) is 22.6 Å². The maximum absolute atomic E-state index is 8.92. The first-order valence-corrected chi connectivity index (χ1v) is 7.59. The molecule has 2 aromatic carbocycles. The number of aromatic nitrogens is 2. The van der Waals surface area contributed by atoms with Gasteiger partial charge in [0.05, 0.1) is 22.0 Å². The Morgan fingerprint density at radius 3 is 2.74 bits per heavy atom. The van der Waals surface area contributed by atoms with Crippen LogP contribution in [0.25, 0.3) is 5.69 Å². The Bertz CT molecular complexity index is 877. The van der Waals surface area contributed by atoms with Gasteiger partial charge in [0.25, 0.3) is 0 Å². The van der Waals surface area contributed by atoms with Crippen molar-refractivity contribution < 1.29 is 0 Å². The lowest BCUT2D eigenvalue weighted by Gasteiger charge is -2.12. The molecule has 1 heterocycles. The van der Waals surface area contributed by atoms with E-state index in [1.165, 1.54) is 0 Å². The zero-order valence-electron chi connectivity index (χ0n) is 12.6. The highest BCUT2D eigenvalue weighted by atomic mass is 35.5. The van der Waals surface area contributed by atoms with Gasteiger partial charge in [-0.25, -0.2) is 4.68 Å². The van der Waals surface area contributed by atoms with Crippen molar-refractivity contribution in [3.8, 4) is 11.8 Å². The van der Waals surface area contributed by atoms with Crippen LogP contribution >= 0.6 is 11.6 Å². The van der Waals surface area contributed by atoms with Crippen molar-refractivity contribution in [2.45, 2.75) is 13.5 Å². The monoisotopic (exact) mass is 322 g/mol. The molecule has 0 saturated carbocycles. The average molecular weight is 323 g/mol. The Balaban J connectivity index is 1.81. The van der Waals surface area contributed by atoms with Gasteiger partial charge in [-0.15, -0.1) is 0 Å². The van der Waals surface area contributed by atoms with E-state index >= 15 is 0 Å². The number of nitriles is 1. The molecule has 114 valence electrons. The number of nitrogens with one attached hydrogen (secondary N) is 1. The third-order valence-electron chi connectivity index (χ3n) is 3.53. The molecule has 0 aliphatic carbocycles. The highest BCUT2D eigenvalue weighted by Crippen LogP contribution is 2.22. The lowest BCUT2D eigenvalue weighted by atomic mass is 10.1. The number of hydrogen-bond acceptors (Lipinski definition) is 3. The lowest BCUT2D eigenvalue weighted by molar-refractivity contribution is 0.848. The number of halogens is 1. The summed E-state index contributed by atoms with van der Waals surface area (Å²) < 4.78 is 1.87. The van der Waals surface area contributed by atoms with Crippen molar-refractivity contribution in [1.29, 1.82) is 5.26 Å². The molecule has 0 amide bonds. The summed E-state index contributed by atoms with van der Waals surface area (Å²) in [5.41, 5.74) is 4.49. The summed E-state index contributed by atoms with van der Waals surface area (Å²) in [5.74, 6) is 0. The van der Waals surface area contributed by atoms with Gasteiger partial charge in [-0.3, -0.25) is 0 Å². The summed E-state index contributed by atoms with van der Waals surface area (Å²) in [6.45, 7) is 2.60. The first kappa shape index (κ1) is 15.1. The minimum Gasteiger partial charge on any atom is -0.381 e. The van der Waals surface area contributed by atoms with Crippen LogP contribution in [-0.4, -0.2) is 9.78 Å². The van der Waals surface area contributed by atoms with E-state index in [0.29, 0.717) is 17.1 Å². The van der Waals surface area contributed by atoms with E-state index in [9.17, 15) is 0 Å². The van der Waals surface area contributed by atoms with Gasteiger partial charge in [0, 0.05) is 18.4 Å². The molecular formula is C18H15ClN4. The Hall–Kier alpha value is -2.77. The third kappa shape index (κ3) is 3.36. The molecule has 0 spiro atoms. The molecule has 0 fully saturated rings. The van der Waals surface area contributed by atoms with Gasteiger partial charge in [0.15, 0.2) is 0 Å². The number of para-hydroxylation sites is 1. The Labute approximate surface area is 139 Å². The molecule has 0 unspecified atom stereocenters. The van der Waals surface area contributed by atoms with Gasteiger partial charge in [-0.05, 0) is 42.8 Å². The second-order valence-corrected chi connectivity index (χ2v) is 5.60. The molecule has 0 aliphatic rings. The largest absolute Gasteiger partial charge is 0.381 e. The maximum Gasteiger partial charge on any atom is 0.101 e. The van der Waals surface area contributed by atoms with Crippen molar-refractivity contribution in [2.75, 3.05) is 5.32 Å². The van der Waals surface area contributed by atoms with Gasteiger partial charge < -0.3 is 5.32 Å². The SMILES string of the molecule is Cc1ccn(-c2ccccc2CNc2ccc(C#N)c(Cl)c2)n1. The van der Waals surface area contributed by atoms with Crippen LogP contribution in [0.1, 0.15) is 16.8 Å². The average Bonchev–Trinajstić information content (AvgIpc) is 2.99. The molecule has 0 atom stereocenters. The number of aryl methyl sites for hydroxylation is 1. The molecule has 4 nitrogen and oxygen atoms in total. The molecule has 0 bridgehead atoms.